The first-order valence-electron chi connectivity index (χ1n) is 6.34. The van der Waals surface area contributed by atoms with Crippen LogP contribution in [0, 0.1) is 0 Å². The van der Waals surface area contributed by atoms with E-state index in [1.54, 1.807) is 48.5 Å². The van der Waals surface area contributed by atoms with Crippen molar-refractivity contribution in [3.05, 3.63) is 72.3 Å². The number of carbonyl (C=O) groups excluding carboxylic acids is 1. The summed E-state index contributed by atoms with van der Waals surface area (Å²) in [5, 5.41) is 9.72. The number of ether oxygens (including phenoxy) is 1. The zero-order valence-corrected chi connectivity index (χ0v) is 11.1. The minimum atomic E-state index is -0.126. The molecule has 0 aliphatic rings. The van der Waals surface area contributed by atoms with Crippen LogP contribution < -0.4 is 4.74 Å². The van der Waals surface area contributed by atoms with Crippen LogP contribution in [0.5, 0.6) is 11.5 Å². The van der Waals surface area contributed by atoms with Crippen molar-refractivity contribution in [2.75, 3.05) is 6.61 Å². The molecule has 2 aromatic rings. The molecule has 0 saturated carbocycles. The molecule has 3 nitrogen and oxygen atoms in total. The molecule has 3 heteroatoms. The fraction of sp³-hybridized carbons (Fsp3) is 0.118. The Morgan fingerprint density at radius 1 is 1.20 bits per heavy atom. The van der Waals surface area contributed by atoms with Crippen LogP contribution in [0.2, 0.25) is 0 Å². The van der Waals surface area contributed by atoms with E-state index in [1.165, 1.54) is 0 Å². The fourth-order valence-electron chi connectivity index (χ4n) is 1.82. The summed E-state index contributed by atoms with van der Waals surface area (Å²) in [5.74, 6) is 0.214. The summed E-state index contributed by atoms with van der Waals surface area (Å²) in [7, 11) is 0. The van der Waals surface area contributed by atoms with Crippen molar-refractivity contribution in [1.29, 1.82) is 0 Å². The summed E-state index contributed by atoms with van der Waals surface area (Å²) in [4.78, 5) is 11.9. The highest BCUT2D eigenvalue weighted by Crippen LogP contribution is 2.27. The summed E-state index contributed by atoms with van der Waals surface area (Å²) < 4.78 is 5.41. The number of Topliss-reactive ketones (excluding diaryl/α,β-unsaturated/α-hetero) is 1. The zero-order chi connectivity index (χ0) is 14.4. The molecule has 2 aromatic carbocycles. The maximum atomic E-state index is 11.9. The van der Waals surface area contributed by atoms with E-state index in [0.717, 1.165) is 5.56 Å². The molecule has 0 heterocycles. The lowest BCUT2D eigenvalue weighted by Crippen LogP contribution is -2.11. The van der Waals surface area contributed by atoms with Gasteiger partial charge in [0.2, 0.25) is 0 Å². The number of rotatable bonds is 6. The molecule has 0 amide bonds. The van der Waals surface area contributed by atoms with Gasteiger partial charge in [-0.3, -0.25) is 4.79 Å². The van der Waals surface area contributed by atoms with Gasteiger partial charge in [-0.2, -0.15) is 0 Å². The molecule has 0 unspecified atom stereocenters. The van der Waals surface area contributed by atoms with Gasteiger partial charge in [-0.05, 0) is 24.1 Å². The Bertz CT molecular complexity index is 603. The zero-order valence-electron chi connectivity index (χ0n) is 11.1. The van der Waals surface area contributed by atoms with Crippen molar-refractivity contribution in [3.63, 3.8) is 0 Å². The molecule has 102 valence electrons. The lowest BCUT2D eigenvalue weighted by Gasteiger charge is -2.09. The number of hydrogen-bond donors (Lipinski definition) is 1. The van der Waals surface area contributed by atoms with Crippen LogP contribution in [0.25, 0.3) is 0 Å². The van der Waals surface area contributed by atoms with Crippen molar-refractivity contribution < 1.29 is 14.6 Å². The molecule has 0 bridgehead atoms. The molecule has 0 saturated heterocycles. The average Bonchev–Trinajstić information content (AvgIpc) is 2.48. The number of hydrogen-bond acceptors (Lipinski definition) is 3. The molecular formula is C17H16O3. The quantitative estimate of drug-likeness (QED) is 0.645. The van der Waals surface area contributed by atoms with Crippen LogP contribution in [0.3, 0.4) is 0 Å². The number of allylic oxidation sites excluding steroid dienone is 1. The van der Waals surface area contributed by atoms with Gasteiger partial charge < -0.3 is 9.84 Å². The first-order chi connectivity index (χ1) is 9.70. The van der Waals surface area contributed by atoms with E-state index in [9.17, 15) is 9.90 Å². The molecule has 0 aromatic heterocycles. The van der Waals surface area contributed by atoms with Gasteiger partial charge in [0.15, 0.2) is 23.9 Å². The smallest absolute Gasteiger partial charge is 0.200 e. The number of carbonyl (C=O) groups is 1. The van der Waals surface area contributed by atoms with Gasteiger partial charge in [-0.1, -0.05) is 42.5 Å². The lowest BCUT2D eigenvalue weighted by molar-refractivity contribution is 0.0919. The minimum absolute atomic E-state index is 0.0265. The monoisotopic (exact) mass is 268 g/mol. The van der Waals surface area contributed by atoms with E-state index in [1.807, 2.05) is 6.07 Å². The predicted octanol–water partition coefficient (Wildman–Crippen LogP) is 3.38. The van der Waals surface area contributed by atoms with Gasteiger partial charge >= 0.3 is 0 Å². The standard InChI is InChI=1S/C17H16O3/c1-2-6-13-9-10-15(18)17(11-13)20-12-16(19)14-7-4-3-5-8-14/h2-5,7-11,18H,1,6,12H2. The summed E-state index contributed by atoms with van der Waals surface area (Å²) >= 11 is 0. The summed E-state index contributed by atoms with van der Waals surface area (Å²) in [6, 6.07) is 14.0. The number of phenolic OH excluding ortho intramolecular Hbond substituents is 1. The molecule has 2 rings (SSSR count). The van der Waals surface area contributed by atoms with Crippen molar-refractivity contribution in [1.82, 2.24) is 0 Å². The number of phenols is 1. The summed E-state index contributed by atoms with van der Waals surface area (Å²) in [5.41, 5.74) is 1.56. The highest BCUT2D eigenvalue weighted by molar-refractivity contribution is 5.97. The normalized spacial score (nSPS) is 10.0. The third-order valence-electron chi connectivity index (χ3n) is 2.86. The molecule has 0 aliphatic heterocycles. The maximum absolute atomic E-state index is 11.9. The van der Waals surface area contributed by atoms with Crippen LogP contribution in [-0.4, -0.2) is 17.5 Å². The van der Waals surface area contributed by atoms with Crippen LogP contribution in [0.4, 0.5) is 0 Å². The van der Waals surface area contributed by atoms with Gasteiger partial charge in [0, 0.05) is 5.56 Å². The van der Waals surface area contributed by atoms with Crippen molar-refractivity contribution in [3.8, 4) is 11.5 Å². The lowest BCUT2D eigenvalue weighted by atomic mass is 10.1. The van der Waals surface area contributed by atoms with Gasteiger partial charge in [0.05, 0.1) is 0 Å². The molecule has 1 N–H and O–H groups in total. The summed E-state index contributed by atoms with van der Waals surface area (Å²) in [6.07, 6.45) is 2.45. The topological polar surface area (TPSA) is 46.5 Å². The van der Waals surface area contributed by atoms with E-state index >= 15 is 0 Å². The van der Waals surface area contributed by atoms with Crippen LogP contribution in [-0.2, 0) is 6.42 Å². The van der Waals surface area contributed by atoms with Gasteiger partial charge in [-0.15, -0.1) is 6.58 Å². The Morgan fingerprint density at radius 3 is 2.65 bits per heavy atom. The Balaban J connectivity index is 2.05. The van der Waals surface area contributed by atoms with Crippen molar-refractivity contribution >= 4 is 5.78 Å². The molecule has 20 heavy (non-hydrogen) atoms. The maximum Gasteiger partial charge on any atom is 0.200 e. The van der Waals surface area contributed by atoms with Crippen molar-refractivity contribution in [2.45, 2.75) is 6.42 Å². The summed E-state index contributed by atoms with van der Waals surface area (Å²) in [6.45, 7) is 3.56. The van der Waals surface area contributed by atoms with Gasteiger partial charge in [0.25, 0.3) is 0 Å². The molecule has 0 aliphatic carbocycles. The Hall–Kier alpha value is -2.55. The average molecular weight is 268 g/mol. The molecule has 0 fully saturated rings. The predicted molar refractivity (Wildman–Crippen MR) is 78.3 cm³/mol. The number of ketones is 1. The second-order valence-electron chi connectivity index (χ2n) is 4.37. The highest BCUT2D eigenvalue weighted by Gasteiger charge is 2.09. The van der Waals surface area contributed by atoms with Crippen LogP contribution >= 0.6 is 0 Å². The van der Waals surface area contributed by atoms with Crippen LogP contribution in [0.1, 0.15) is 15.9 Å². The minimum Gasteiger partial charge on any atom is -0.504 e. The number of benzene rings is 2. The Labute approximate surface area is 118 Å². The Morgan fingerprint density at radius 2 is 1.95 bits per heavy atom. The molecule has 0 radical (unpaired) electrons. The molecule has 0 spiro atoms. The van der Waals surface area contributed by atoms with E-state index in [-0.39, 0.29) is 18.1 Å². The number of aromatic hydroxyl groups is 1. The highest BCUT2D eigenvalue weighted by atomic mass is 16.5. The third-order valence-corrected chi connectivity index (χ3v) is 2.86. The van der Waals surface area contributed by atoms with E-state index in [0.29, 0.717) is 17.7 Å². The second kappa shape index (κ2) is 6.57. The first-order valence-corrected chi connectivity index (χ1v) is 6.34. The van der Waals surface area contributed by atoms with E-state index in [4.69, 9.17) is 4.74 Å². The second-order valence-corrected chi connectivity index (χ2v) is 4.37. The molecular weight excluding hydrogens is 252 g/mol. The van der Waals surface area contributed by atoms with Crippen molar-refractivity contribution in [2.24, 2.45) is 0 Å². The van der Waals surface area contributed by atoms with E-state index < -0.39 is 0 Å². The van der Waals surface area contributed by atoms with E-state index in [2.05, 4.69) is 6.58 Å². The first kappa shape index (κ1) is 13.9. The van der Waals surface area contributed by atoms with Gasteiger partial charge in [0.1, 0.15) is 0 Å². The Kier molecular flexibility index (Phi) is 4.56. The SMILES string of the molecule is C=CCc1ccc(O)c(OCC(=O)c2ccccc2)c1. The molecule has 0 atom stereocenters. The van der Waals surface area contributed by atoms with Crippen LogP contribution in [0.15, 0.2) is 61.2 Å². The van der Waals surface area contributed by atoms with Gasteiger partial charge in [-0.25, -0.2) is 0 Å². The third kappa shape index (κ3) is 3.48. The largest absolute Gasteiger partial charge is 0.504 e. The fourth-order valence-corrected chi connectivity index (χ4v) is 1.82.